The van der Waals surface area contributed by atoms with Crippen LogP contribution in [0.3, 0.4) is 0 Å². The van der Waals surface area contributed by atoms with Crippen molar-refractivity contribution in [1.29, 1.82) is 0 Å². The van der Waals surface area contributed by atoms with Crippen LogP contribution in [-0.2, 0) is 0 Å². The molecule has 29 heavy (non-hydrogen) atoms. The van der Waals surface area contributed by atoms with Gasteiger partial charge in [0.1, 0.15) is 0 Å². The predicted octanol–water partition coefficient (Wildman–Crippen LogP) is 3.28. The summed E-state index contributed by atoms with van der Waals surface area (Å²) in [6.07, 6.45) is 5.62. The lowest BCUT2D eigenvalue weighted by Gasteiger charge is -2.59. The zero-order chi connectivity index (χ0) is 20.2. The third-order valence-corrected chi connectivity index (χ3v) is 7.62. The Kier molecular flexibility index (Phi) is 4.48. The molecule has 1 amide bonds. The fraction of sp³-hybridized carbons (Fsp3) is 0.500. The molecule has 0 heterocycles. The largest absolute Gasteiger partial charge is 0.366 e. The van der Waals surface area contributed by atoms with E-state index in [0.29, 0.717) is 29.6 Å². The van der Waals surface area contributed by atoms with E-state index in [-0.39, 0.29) is 11.0 Å². The number of aldehydes is 1. The molecule has 3 N–H and O–H groups in total. The van der Waals surface area contributed by atoms with E-state index in [1.165, 1.54) is 19.3 Å². The molecule has 0 unspecified atom stereocenters. The number of hydrogen-bond acceptors (Lipinski definition) is 4. The van der Waals surface area contributed by atoms with Gasteiger partial charge < -0.3 is 15.5 Å². The zero-order valence-corrected chi connectivity index (χ0v) is 16.4. The molecule has 5 nitrogen and oxygen atoms in total. The molecule has 0 spiro atoms. The Morgan fingerprint density at radius 1 is 1.00 bits per heavy atom. The smallest absolute Gasteiger partial charge is 0.252 e. The first-order valence-corrected chi connectivity index (χ1v) is 10.6. The number of fused-ring (bicyclic) bond motifs is 1. The van der Waals surface area contributed by atoms with Gasteiger partial charge in [0.05, 0.1) is 11.6 Å². The first kappa shape index (κ1) is 18.8. The maximum Gasteiger partial charge on any atom is 0.252 e. The number of carbonyl (C=O) groups is 2. The molecule has 1 atom stereocenters. The highest BCUT2D eigenvalue weighted by Gasteiger charge is 2.56. The van der Waals surface area contributed by atoms with Crippen molar-refractivity contribution in [2.24, 2.45) is 23.2 Å². The van der Waals surface area contributed by atoms with Crippen molar-refractivity contribution in [3.63, 3.8) is 0 Å². The minimum absolute atomic E-state index is 0.253. The number of rotatable bonds is 5. The monoisotopic (exact) mass is 393 g/mol. The molecule has 5 heteroatoms. The molecule has 0 aliphatic heterocycles. The van der Waals surface area contributed by atoms with Gasteiger partial charge in [-0.25, -0.2) is 0 Å². The molecule has 152 valence electrons. The fourth-order valence-electron chi connectivity index (χ4n) is 6.87. The summed E-state index contributed by atoms with van der Waals surface area (Å²) in [6.45, 7) is 0. The minimum Gasteiger partial charge on any atom is -0.366 e. The first-order valence-electron chi connectivity index (χ1n) is 10.6. The van der Waals surface area contributed by atoms with Crippen molar-refractivity contribution in [2.75, 3.05) is 0 Å². The summed E-state index contributed by atoms with van der Waals surface area (Å²) in [5, 5.41) is 25.2. The van der Waals surface area contributed by atoms with Gasteiger partial charge in [-0.05, 0) is 84.6 Å². The fourth-order valence-corrected chi connectivity index (χ4v) is 6.87. The predicted molar refractivity (Wildman–Crippen MR) is 109 cm³/mol. The second kappa shape index (κ2) is 6.92. The Morgan fingerprint density at radius 2 is 1.55 bits per heavy atom. The van der Waals surface area contributed by atoms with Crippen molar-refractivity contribution < 1.29 is 19.8 Å². The van der Waals surface area contributed by atoms with E-state index >= 15 is 0 Å². The Labute approximate surface area is 170 Å². The van der Waals surface area contributed by atoms with Gasteiger partial charge in [-0.3, -0.25) is 9.59 Å². The molecule has 4 aliphatic carbocycles. The Balaban J connectivity index is 1.47. The Hall–Kier alpha value is -2.24. The van der Waals surface area contributed by atoms with E-state index in [1.54, 1.807) is 12.1 Å². The van der Waals surface area contributed by atoms with Crippen LogP contribution in [-0.4, -0.2) is 34.7 Å². The summed E-state index contributed by atoms with van der Waals surface area (Å²) in [5.74, 6) is 1.48. The van der Waals surface area contributed by atoms with Gasteiger partial charge in [0, 0.05) is 5.56 Å². The molecule has 2 aromatic carbocycles. The summed E-state index contributed by atoms with van der Waals surface area (Å²) >= 11 is 0. The van der Waals surface area contributed by atoms with E-state index in [4.69, 9.17) is 0 Å². The van der Waals surface area contributed by atoms with Gasteiger partial charge in [-0.15, -0.1) is 0 Å². The highest BCUT2D eigenvalue weighted by Crippen LogP contribution is 2.61. The molecule has 0 saturated heterocycles. The highest BCUT2D eigenvalue weighted by atomic mass is 16.5. The molecule has 2 aromatic rings. The summed E-state index contributed by atoms with van der Waals surface area (Å²) < 4.78 is 0. The Morgan fingerprint density at radius 3 is 2.07 bits per heavy atom. The number of amides is 1. The highest BCUT2D eigenvalue weighted by molar-refractivity contribution is 6.05. The quantitative estimate of drug-likeness (QED) is 0.537. The van der Waals surface area contributed by atoms with Gasteiger partial charge >= 0.3 is 0 Å². The molecular formula is C24H27NO4. The summed E-state index contributed by atoms with van der Waals surface area (Å²) in [4.78, 5) is 24.8. The SMILES string of the molecule is O=Cc1cc2ccccc2cc1C(=O)N[C@@H](C(O)O)C12CC3CC(CC(C3)C1)C2. The molecule has 0 radical (unpaired) electrons. The van der Waals surface area contributed by atoms with E-state index in [1.807, 2.05) is 24.3 Å². The number of benzene rings is 2. The van der Waals surface area contributed by atoms with Gasteiger partial charge in [-0.2, -0.15) is 0 Å². The van der Waals surface area contributed by atoms with Crippen LogP contribution in [0.25, 0.3) is 10.8 Å². The average molecular weight is 393 g/mol. The van der Waals surface area contributed by atoms with Gasteiger partial charge in [0.15, 0.2) is 12.6 Å². The molecular weight excluding hydrogens is 366 g/mol. The van der Waals surface area contributed by atoms with Crippen LogP contribution in [0, 0.1) is 23.2 Å². The first-order chi connectivity index (χ1) is 14.0. The maximum absolute atomic E-state index is 13.2. The van der Waals surface area contributed by atoms with Crippen LogP contribution in [0.15, 0.2) is 36.4 Å². The van der Waals surface area contributed by atoms with Crippen LogP contribution in [0.2, 0.25) is 0 Å². The second-order valence-electron chi connectivity index (χ2n) is 9.55. The lowest BCUT2D eigenvalue weighted by atomic mass is 9.47. The van der Waals surface area contributed by atoms with Gasteiger partial charge in [0.2, 0.25) is 0 Å². The van der Waals surface area contributed by atoms with Crippen molar-refractivity contribution in [3.05, 3.63) is 47.5 Å². The second-order valence-corrected chi connectivity index (χ2v) is 9.55. The van der Waals surface area contributed by atoms with Crippen LogP contribution in [0.5, 0.6) is 0 Å². The lowest BCUT2D eigenvalue weighted by molar-refractivity contribution is -0.149. The number of carbonyl (C=O) groups excluding carboxylic acids is 2. The summed E-state index contributed by atoms with van der Waals surface area (Å²) in [5.41, 5.74) is 0.350. The van der Waals surface area contributed by atoms with Crippen LogP contribution >= 0.6 is 0 Å². The van der Waals surface area contributed by atoms with Gasteiger partial charge in [0.25, 0.3) is 5.91 Å². The third kappa shape index (κ3) is 3.17. The van der Waals surface area contributed by atoms with Crippen LogP contribution in [0.4, 0.5) is 0 Å². The minimum atomic E-state index is -1.62. The average Bonchev–Trinajstić information content (AvgIpc) is 2.69. The normalized spacial score (nSPS) is 31.2. The Bertz CT molecular complexity index is 931. The molecule has 0 aromatic heterocycles. The van der Waals surface area contributed by atoms with Crippen LogP contribution in [0.1, 0.15) is 59.2 Å². The molecule has 4 fully saturated rings. The molecule has 6 rings (SSSR count). The van der Waals surface area contributed by atoms with E-state index in [9.17, 15) is 19.8 Å². The number of aliphatic hydroxyl groups is 2. The number of aliphatic hydroxyl groups excluding tert-OH is 1. The lowest BCUT2D eigenvalue weighted by Crippen LogP contribution is -2.61. The summed E-state index contributed by atoms with van der Waals surface area (Å²) in [7, 11) is 0. The van der Waals surface area contributed by atoms with E-state index < -0.39 is 18.2 Å². The van der Waals surface area contributed by atoms with Crippen molar-refractivity contribution in [2.45, 2.75) is 50.9 Å². The van der Waals surface area contributed by atoms with E-state index in [2.05, 4.69) is 5.32 Å². The maximum atomic E-state index is 13.2. The van der Waals surface area contributed by atoms with Gasteiger partial charge in [-0.1, -0.05) is 24.3 Å². The van der Waals surface area contributed by atoms with E-state index in [0.717, 1.165) is 30.0 Å². The molecule has 4 saturated carbocycles. The van der Waals surface area contributed by atoms with Crippen LogP contribution < -0.4 is 5.32 Å². The molecule has 4 aliphatic rings. The zero-order valence-electron chi connectivity index (χ0n) is 16.4. The van der Waals surface area contributed by atoms with Crippen molar-refractivity contribution in [1.82, 2.24) is 5.32 Å². The van der Waals surface area contributed by atoms with Crippen molar-refractivity contribution in [3.8, 4) is 0 Å². The topological polar surface area (TPSA) is 86.6 Å². The number of nitrogens with one attached hydrogen (secondary N) is 1. The third-order valence-electron chi connectivity index (χ3n) is 7.62. The van der Waals surface area contributed by atoms with Crippen molar-refractivity contribution >= 4 is 23.0 Å². The summed E-state index contributed by atoms with van der Waals surface area (Å²) in [6, 6.07) is 10.3. The standard InChI is InChI=1S/C24H27NO4/c26-13-19-8-17-3-1-2-4-18(17)9-20(19)22(27)25-21(23(28)29)24-10-14-5-15(11-24)7-16(6-14)12-24/h1-4,8-9,13-16,21,23,28-29H,5-7,10-12H2,(H,25,27)/t14?,15?,16?,21-,24?/m0/s1. The number of hydrogen-bond donors (Lipinski definition) is 3. The molecule has 4 bridgehead atoms.